The van der Waals surface area contributed by atoms with Crippen molar-refractivity contribution in [2.45, 2.75) is 54.4 Å². The van der Waals surface area contributed by atoms with Crippen molar-refractivity contribution in [3.63, 3.8) is 0 Å². The van der Waals surface area contributed by atoms with Crippen molar-refractivity contribution in [2.75, 3.05) is 32.6 Å². The number of likely N-dealkylation sites (tertiary alicyclic amines) is 1. The third kappa shape index (κ3) is 7.30. The lowest BCUT2D eigenvalue weighted by Gasteiger charge is -2.44. The Kier molecular flexibility index (Phi) is 11.6. The fraction of sp³-hybridized carbons (Fsp3) is 0.241. The Morgan fingerprint density at radius 3 is 1.58 bits per heavy atom. The Morgan fingerprint density at radius 2 is 1.08 bits per heavy atom. The molecule has 0 spiro atoms. The first-order valence-electron chi connectivity index (χ1n) is 22.2. The van der Waals surface area contributed by atoms with Crippen LogP contribution in [-0.2, 0) is 15.7 Å². The minimum atomic E-state index is -1.19. The molecule has 3 N–H and O–H groups in total. The van der Waals surface area contributed by atoms with Crippen molar-refractivity contribution in [1.29, 1.82) is 0 Å². The highest BCUT2D eigenvalue weighted by Crippen LogP contribution is 2.49. The zero-order chi connectivity index (χ0) is 44.4. The quantitative estimate of drug-likeness (QED) is 0.0919. The molecule has 0 amide bonds. The number of anilines is 1. The lowest BCUT2D eigenvalue weighted by atomic mass is 9.63. The number of aromatic nitrogens is 4. The summed E-state index contributed by atoms with van der Waals surface area (Å²) in [5, 5.41) is 30.1. The van der Waals surface area contributed by atoms with Gasteiger partial charge in [0.1, 0.15) is 35.6 Å². The number of nitrogens with zero attached hydrogens (tertiary/aromatic N) is 5. The lowest BCUT2D eigenvalue weighted by molar-refractivity contribution is -0.0916. The number of ether oxygens (including phenoxy) is 3. The number of fused-ring (bicyclic) bond motifs is 1. The van der Waals surface area contributed by atoms with E-state index in [0.717, 1.165) is 65.1 Å². The van der Waals surface area contributed by atoms with Gasteiger partial charge in [0.15, 0.2) is 23.2 Å². The molecular formula is C54H52N6O5. The summed E-state index contributed by atoms with van der Waals surface area (Å²) < 4.78 is 20.1. The Hall–Kier alpha value is -6.89. The molecule has 4 heterocycles. The third-order valence-corrected chi connectivity index (χ3v) is 13.5. The van der Waals surface area contributed by atoms with Crippen LogP contribution >= 0.6 is 0 Å². The second kappa shape index (κ2) is 17.9. The topological polar surface area (TPSA) is 127 Å². The molecular weight excluding hydrogens is 813 g/mol. The average Bonchev–Trinajstić information content (AvgIpc) is 4.15. The Balaban J connectivity index is 1.10. The number of hydrogen-bond donors (Lipinski definition) is 3. The van der Waals surface area contributed by atoms with Crippen molar-refractivity contribution >= 4 is 17.0 Å². The van der Waals surface area contributed by atoms with Crippen LogP contribution in [0.5, 0.6) is 11.5 Å². The fourth-order valence-corrected chi connectivity index (χ4v) is 10.4. The standard InChI is InChI=1S/C54H52N6O5/c1-63-43-29-25-39(26-30-43)53(37-17-7-3-8-18-37,38-19-9-4-10-20-38)49(62)48-46(59-33-15-16-34-59)47(61)52(65-48)60-36-57-45-50(55-35-56-51(45)60)58-54(40-21-11-5-12-22-40,41-23-13-6-14-24-41)42-27-31-44(64-2)32-28-42/h3-14,17-32,35-36,46-49,52,61-62H,15-16,33-34H2,1-2H3,(H,55,56,58). The average molecular weight is 865 g/mol. The van der Waals surface area contributed by atoms with Crippen LogP contribution in [-0.4, -0.2) is 86.3 Å². The van der Waals surface area contributed by atoms with Crippen molar-refractivity contribution in [1.82, 2.24) is 24.4 Å². The predicted octanol–water partition coefficient (Wildman–Crippen LogP) is 8.37. The molecule has 0 saturated carbocycles. The molecule has 11 heteroatoms. The summed E-state index contributed by atoms with van der Waals surface area (Å²) in [6.45, 7) is 1.53. The number of hydrogen-bond acceptors (Lipinski definition) is 10. The van der Waals surface area contributed by atoms with E-state index >= 15 is 0 Å². The molecule has 6 aromatic carbocycles. The molecule has 11 nitrogen and oxygen atoms in total. The maximum atomic E-state index is 13.5. The van der Waals surface area contributed by atoms with E-state index in [0.29, 0.717) is 22.7 Å². The highest BCUT2D eigenvalue weighted by Gasteiger charge is 2.57. The van der Waals surface area contributed by atoms with Crippen LogP contribution < -0.4 is 14.8 Å². The van der Waals surface area contributed by atoms with Crippen LogP contribution in [0.15, 0.2) is 183 Å². The smallest absolute Gasteiger partial charge is 0.167 e. The van der Waals surface area contributed by atoms with Gasteiger partial charge in [-0.15, -0.1) is 0 Å². The number of rotatable bonds is 14. The van der Waals surface area contributed by atoms with Gasteiger partial charge in [-0.3, -0.25) is 9.47 Å². The molecule has 0 radical (unpaired) electrons. The van der Waals surface area contributed by atoms with E-state index in [2.05, 4.69) is 70.9 Å². The monoisotopic (exact) mass is 864 g/mol. The lowest BCUT2D eigenvalue weighted by Crippen LogP contribution is -2.56. The number of nitrogens with one attached hydrogen (secondary N) is 1. The molecule has 0 aliphatic carbocycles. The van der Waals surface area contributed by atoms with E-state index in [4.69, 9.17) is 29.2 Å². The van der Waals surface area contributed by atoms with Gasteiger partial charge >= 0.3 is 0 Å². The molecule has 2 saturated heterocycles. The van der Waals surface area contributed by atoms with Crippen molar-refractivity contribution in [3.8, 4) is 11.5 Å². The molecule has 2 fully saturated rings. The molecule has 8 aromatic rings. The van der Waals surface area contributed by atoms with Crippen LogP contribution in [0.25, 0.3) is 11.2 Å². The first-order valence-corrected chi connectivity index (χ1v) is 22.2. The Labute approximate surface area is 379 Å². The number of methoxy groups -OCH3 is 2. The van der Waals surface area contributed by atoms with Crippen LogP contribution in [0.1, 0.15) is 52.5 Å². The predicted molar refractivity (Wildman–Crippen MR) is 251 cm³/mol. The van der Waals surface area contributed by atoms with Gasteiger partial charge in [-0.1, -0.05) is 146 Å². The van der Waals surface area contributed by atoms with Crippen molar-refractivity contribution < 1.29 is 24.4 Å². The third-order valence-electron chi connectivity index (χ3n) is 13.5. The number of benzene rings is 6. The number of imidazole rings is 1. The van der Waals surface area contributed by atoms with E-state index in [9.17, 15) is 10.2 Å². The fourth-order valence-electron chi connectivity index (χ4n) is 10.4. The summed E-state index contributed by atoms with van der Waals surface area (Å²) in [7, 11) is 3.31. The summed E-state index contributed by atoms with van der Waals surface area (Å²) >= 11 is 0. The van der Waals surface area contributed by atoms with Gasteiger partial charge in [0.05, 0.1) is 38.1 Å². The van der Waals surface area contributed by atoms with E-state index < -0.39 is 41.5 Å². The zero-order valence-corrected chi connectivity index (χ0v) is 36.4. The molecule has 2 aliphatic rings. The molecule has 328 valence electrons. The highest BCUT2D eigenvalue weighted by molar-refractivity contribution is 5.84. The van der Waals surface area contributed by atoms with Crippen molar-refractivity contribution in [3.05, 3.63) is 216 Å². The largest absolute Gasteiger partial charge is 0.497 e. The van der Waals surface area contributed by atoms with Crippen LogP contribution in [0.3, 0.4) is 0 Å². The van der Waals surface area contributed by atoms with E-state index in [1.165, 1.54) is 6.33 Å². The van der Waals surface area contributed by atoms with Gasteiger partial charge in [-0.25, -0.2) is 15.0 Å². The highest BCUT2D eigenvalue weighted by atomic mass is 16.5. The van der Waals surface area contributed by atoms with Crippen LogP contribution in [0.4, 0.5) is 5.82 Å². The second-order valence-corrected chi connectivity index (χ2v) is 16.8. The molecule has 5 unspecified atom stereocenters. The molecule has 2 aliphatic heterocycles. The van der Waals surface area contributed by atoms with Crippen LogP contribution in [0.2, 0.25) is 0 Å². The molecule has 65 heavy (non-hydrogen) atoms. The van der Waals surface area contributed by atoms with E-state index in [1.807, 2.05) is 109 Å². The number of aliphatic hydroxyl groups excluding tert-OH is 2. The van der Waals surface area contributed by atoms with Gasteiger partial charge < -0.3 is 29.7 Å². The zero-order valence-electron chi connectivity index (χ0n) is 36.4. The Morgan fingerprint density at radius 1 is 0.615 bits per heavy atom. The van der Waals surface area contributed by atoms with Crippen molar-refractivity contribution in [2.24, 2.45) is 0 Å². The molecule has 5 atom stereocenters. The number of aliphatic hydroxyl groups is 2. The Bertz CT molecular complexity index is 2730. The minimum Gasteiger partial charge on any atom is -0.497 e. The normalized spacial score (nSPS) is 19.6. The maximum absolute atomic E-state index is 13.5. The summed E-state index contributed by atoms with van der Waals surface area (Å²) in [6, 6.07) is 56.1. The van der Waals surface area contributed by atoms with Gasteiger partial charge in [0.25, 0.3) is 0 Å². The van der Waals surface area contributed by atoms with Crippen LogP contribution in [0, 0.1) is 0 Å². The van der Waals surface area contributed by atoms with Gasteiger partial charge in [0.2, 0.25) is 0 Å². The van der Waals surface area contributed by atoms with Gasteiger partial charge in [0, 0.05) is 0 Å². The van der Waals surface area contributed by atoms with E-state index in [1.54, 1.807) is 25.1 Å². The van der Waals surface area contributed by atoms with Gasteiger partial charge in [-0.2, -0.15) is 0 Å². The SMILES string of the molecule is COc1ccc(C(Nc2ncnc3c2ncn3C2OC(C(O)C(c3ccccc3)(c3ccccc3)c3ccc(OC)cc3)C(N3CCCC3)C2O)(c2ccccc2)c2ccccc2)cc1. The second-order valence-electron chi connectivity index (χ2n) is 16.8. The maximum Gasteiger partial charge on any atom is 0.167 e. The van der Waals surface area contributed by atoms with Gasteiger partial charge in [-0.05, 0) is 83.6 Å². The molecule has 10 rings (SSSR count). The van der Waals surface area contributed by atoms with E-state index in [-0.39, 0.29) is 0 Å². The summed E-state index contributed by atoms with van der Waals surface area (Å²) in [5.74, 6) is 1.94. The summed E-state index contributed by atoms with van der Waals surface area (Å²) in [4.78, 5) is 16.9. The summed E-state index contributed by atoms with van der Waals surface area (Å²) in [5.41, 5.74) is 4.48. The summed E-state index contributed by atoms with van der Waals surface area (Å²) in [6.07, 6.45) is 1.06. The first kappa shape index (κ1) is 42.1. The molecule has 0 bridgehead atoms. The molecule has 2 aromatic heterocycles. The minimum absolute atomic E-state index is 0.471. The first-order chi connectivity index (χ1) is 32.0.